The molecule has 1 aromatic heterocycles. The average molecular weight is 304 g/mol. The van der Waals surface area contributed by atoms with E-state index in [0.717, 1.165) is 38.8 Å². The monoisotopic (exact) mass is 304 g/mol. The number of likely N-dealkylation sites (tertiary alicyclic amines) is 1. The summed E-state index contributed by atoms with van der Waals surface area (Å²) in [6.45, 7) is 4.86. The van der Waals surface area contributed by atoms with E-state index >= 15 is 0 Å². The molecule has 1 N–H and O–H groups in total. The number of rotatable bonds is 5. The Bertz CT molecular complexity index is 553. The van der Waals surface area contributed by atoms with Crippen LogP contribution in [0.2, 0.25) is 0 Å². The number of aromatic nitrogens is 2. The van der Waals surface area contributed by atoms with Gasteiger partial charge in [0, 0.05) is 25.9 Å². The summed E-state index contributed by atoms with van der Waals surface area (Å²) in [5.41, 5.74) is -0.751. The molecule has 1 saturated heterocycles. The smallest absolute Gasteiger partial charge is 0.248 e. The highest BCUT2D eigenvalue weighted by Gasteiger charge is 2.51. The predicted octanol–water partition coefficient (Wildman–Crippen LogP) is 1.18. The minimum Gasteiger partial charge on any atom is -0.342 e. The minimum atomic E-state index is -0.751. The number of carbonyl (C=O) groups is 2. The molecule has 1 aromatic rings. The number of hydrogen-bond acceptors (Lipinski definition) is 3. The molecule has 0 spiro atoms. The Morgan fingerprint density at radius 3 is 2.73 bits per heavy atom. The van der Waals surface area contributed by atoms with E-state index in [1.54, 1.807) is 6.20 Å². The molecule has 2 amide bonds. The van der Waals surface area contributed by atoms with Crippen LogP contribution < -0.4 is 5.32 Å². The van der Waals surface area contributed by atoms with Gasteiger partial charge in [-0.2, -0.15) is 5.10 Å². The van der Waals surface area contributed by atoms with Gasteiger partial charge in [-0.25, -0.2) is 0 Å². The summed E-state index contributed by atoms with van der Waals surface area (Å²) in [7, 11) is 0. The van der Waals surface area contributed by atoms with Crippen LogP contribution in [0.4, 0.5) is 0 Å². The molecular weight excluding hydrogens is 280 g/mol. The fraction of sp³-hybridized carbons (Fsp3) is 0.688. The zero-order valence-corrected chi connectivity index (χ0v) is 13.3. The Morgan fingerprint density at radius 1 is 1.36 bits per heavy atom. The molecule has 2 aliphatic rings. The molecule has 0 radical (unpaired) electrons. The fourth-order valence-corrected chi connectivity index (χ4v) is 3.57. The van der Waals surface area contributed by atoms with E-state index in [1.807, 2.05) is 28.8 Å². The van der Waals surface area contributed by atoms with Crippen molar-refractivity contribution in [2.75, 3.05) is 6.54 Å². The quantitative estimate of drug-likeness (QED) is 0.888. The van der Waals surface area contributed by atoms with E-state index < -0.39 is 5.54 Å². The molecular formula is C16H24N4O2. The fourth-order valence-electron chi connectivity index (χ4n) is 3.57. The molecule has 1 aliphatic heterocycles. The molecule has 2 fully saturated rings. The van der Waals surface area contributed by atoms with E-state index in [4.69, 9.17) is 0 Å². The molecule has 1 aliphatic carbocycles. The van der Waals surface area contributed by atoms with Gasteiger partial charge in [0.1, 0.15) is 5.54 Å². The summed E-state index contributed by atoms with van der Waals surface area (Å²) in [4.78, 5) is 26.6. The normalized spacial score (nSPS) is 24.1. The highest BCUT2D eigenvalue weighted by atomic mass is 16.2. The number of amides is 2. The zero-order chi connectivity index (χ0) is 15.7. The van der Waals surface area contributed by atoms with Crippen molar-refractivity contribution in [3.05, 3.63) is 18.5 Å². The number of nitrogens with zero attached hydrogens (tertiary/aromatic N) is 3. The first-order valence-corrected chi connectivity index (χ1v) is 8.08. The second kappa shape index (κ2) is 5.74. The molecule has 6 nitrogen and oxygen atoms in total. The summed E-state index contributed by atoms with van der Waals surface area (Å²) in [5, 5.41) is 7.16. The topological polar surface area (TPSA) is 67.2 Å². The van der Waals surface area contributed by atoms with Gasteiger partial charge in [-0.05, 0) is 44.6 Å². The lowest BCUT2D eigenvalue weighted by atomic mass is 9.93. The first-order chi connectivity index (χ1) is 10.5. The second-order valence-corrected chi connectivity index (χ2v) is 6.68. The average Bonchev–Trinajstić information content (AvgIpc) is 3.03. The molecule has 2 unspecified atom stereocenters. The van der Waals surface area contributed by atoms with Crippen LogP contribution in [0.3, 0.4) is 0 Å². The van der Waals surface area contributed by atoms with E-state index in [-0.39, 0.29) is 23.8 Å². The van der Waals surface area contributed by atoms with Crippen LogP contribution in [-0.2, 0) is 16.1 Å². The van der Waals surface area contributed by atoms with Crippen molar-refractivity contribution in [3.63, 3.8) is 0 Å². The SMILES string of the molecule is CC(=O)NC(C)(C(=O)N1CCCC1Cn1cccn1)C1CC1. The zero-order valence-electron chi connectivity index (χ0n) is 13.3. The lowest BCUT2D eigenvalue weighted by Crippen LogP contribution is -2.60. The van der Waals surface area contributed by atoms with Crippen LogP contribution in [-0.4, -0.2) is 44.6 Å². The van der Waals surface area contributed by atoms with E-state index in [1.165, 1.54) is 6.92 Å². The van der Waals surface area contributed by atoms with Gasteiger partial charge in [-0.15, -0.1) is 0 Å². The van der Waals surface area contributed by atoms with Crippen LogP contribution in [0.5, 0.6) is 0 Å². The summed E-state index contributed by atoms with van der Waals surface area (Å²) in [5.74, 6) is 0.209. The van der Waals surface area contributed by atoms with Gasteiger partial charge in [0.05, 0.1) is 12.6 Å². The van der Waals surface area contributed by atoms with Gasteiger partial charge in [0.15, 0.2) is 0 Å². The molecule has 22 heavy (non-hydrogen) atoms. The first-order valence-electron chi connectivity index (χ1n) is 8.08. The van der Waals surface area contributed by atoms with Crippen molar-refractivity contribution >= 4 is 11.8 Å². The van der Waals surface area contributed by atoms with Gasteiger partial charge in [0.2, 0.25) is 11.8 Å². The van der Waals surface area contributed by atoms with Gasteiger partial charge in [0.25, 0.3) is 0 Å². The summed E-state index contributed by atoms with van der Waals surface area (Å²) >= 11 is 0. The van der Waals surface area contributed by atoms with Crippen molar-refractivity contribution in [1.29, 1.82) is 0 Å². The number of hydrogen-bond donors (Lipinski definition) is 1. The standard InChI is InChI=1S/C16H24N4O2/c1-12(21)18-16(2,13-6-7-13)15(22)20-10-3-5-14(20)11-19-9-4-8-17-19/h4,8-9,13-14H,3,5-7,10-11H2,1-2H3,(H,18,21). The van der Waals surface area contributed by atoms with Crippen molar-refractivity contribution in [1.82, 2.24) is 20.0 Å². The molecule has 120 valence electrons. The van der Waals surface area contributed by atoms with Crippen LogP contribution >= 0.6 is 0 Å². The third-order valence-electron chi connectivity index (χ3n) is 4.87. The molecule has 0 bridgehead atoms. The highest BCUT2D eigenvalue weighted by Crippen LogP contribution is 2.41. The summed E-state index contributed by atoms with van der Waals surface area (Å²) in [6, 6.07) is 2.06. The maximum atomic E-state index is 13.1. The largest absolute Gasteiger partial charge is 0.342 e. The number of nitrogens with one attached hydrogen (secondary N) is 1. The third kappa shape index (κ3) is 2.87. The van der Waals surface area contributed by atoms with Gasteiger partial charge in [-0.1, -0.05) is 0 Å². The number of carbonyl (C=O) groups excluding carboxylic acids is 2. The lowest BCUT2D eigenvalue weighted by Gasteiger charge is -2.36. The van der Waals surface area contributed by atoms with E-state index in [9.17, 15) is 9.59 Å². The van der Waals surface area contributed by atoms with E-state index in [2.05, 4.69) is 10.4 Å². The van der Waals surface area contributed by atoms with Gasteiger partial charge < -0.3 is 10.2 Å². The minimum absolute atomic E-state index is 0.0693. The predicted molar refractivity (Wildman–Crippen MR) is 81.9 cm³/mol. The Kier molecular flexibility index (Phi) is 3.93. The van der Waals surface area contributed by atoms with Gasteiger partial charge >= 0.3 is 0 Å². The molecule has 6 heteroatoms. The summed E-state index contributed by atoms with van der Waals surface area (Å²) in [6.07, 6.45) is 7.72. The molecule has 3 rings (SSSR count). The molecule has 2 atom stereocenters. The lowest BCUT2D eigenvalue weighted by molar-refractivity contribution is -0.142. The second-order valence-electron chi connectivity index (χ2n) is 6.68. The Balaban J connectivity index is 1.75. The van der Waals surface area contributed by atoms with Crippen molar-refractivity contribution < 1.29 is 9.59 Å². The maximum absolute atomic E-state index is 13.1. The van der Waals surface area contributed by atoms with Gasteiger partial charge in [-0.3, -0.25) is 14.3 Å². The Morgan fingerprint density at radius 2 is 2.14 bits per heavy atom. The van der Waals surface area contributed by atoms with E-state index in [0.29, 0.717) is 0 Å². The summed E-state index contributed by atoms with van der Waals surface area (Å²) < 4.78 is 1.88. The Hall–Kier alpha value is -1.85. The molecule has 2 heterocycles. The van der Waals surface area contributed by atoms with Crippen molar-refractivity contribution in [2.24, 2.45) is 5.92 Å². The van der Waals surface area contributed by atoms with Crippen molar-refractivity contribution in [2.45, 2.75) is 57.7 Å². The molecule has 0 aromatic carbocycles. The Labute approximate surface area is 130 Å². The third-order valence-corrected chi connectivity index (χ3v) is 4.87. The van der Waals surface area contributed by atoms with Crippen LogP contribution in [0.25, 0.3) is 0 Å². The first kappa shape index (κ1) is 15.1. The molecule has 1 saturated carbocycles. The van der Waals surface area contributed by atoms with Crippen LogP contribution in [0.15, 0.2) is 18.5 Å². The van der Waals surface area contributed by atoms with Crippen LogP contribution in [0.1, 0.15) is 39.5 Å². The maximum Gasteiger partial charge on any atom is 0.248 e. The highest BCUT2D eigenvalue weighted by molar-refractivity contribution is 5.91. The van der Waals surface area contributed by atoms with Crippen molar-refractivity contribution in [3.8, 4) is 0 Å². The van der Waals surface area contributed by atoms with Crippen LogP contribution in [0, 0.1) is 5.92 Å².